The van der Waals surface area contributed by atoms with Crippen molar-refractivity contribution in [1.29, 1.82) is 0 Å². The summed E-state index contributed by atoms with van der Waals surface area (Å²) in [5.41, 5.74) is 7.87. The molecule has 25 heavy (non-hydrogen) atoms. The maximum absolute atomic E-state index is 5.94. The van der Waals surface area contributed by atoms with Crippen molar-refractivity contribution in [3.05, 3.63) is 18.2 Å². The van der Waals surface area contributed by atoms with Crippen LogP contribution in [0, 0.1) is 0 Å². The zero-order valence-electron chi connectivity index (χ0n) is 15.6. The second-order valence-corrected chi connectivity index (χ2v) is 8.00. The van der Waals surface area contributed by atoms with Crippen molar-refractivity contribution in [3.63, 3.8) is 0 Å². The minimum absolute atomic E-state index is 0.709. The highest BCUT2D eigenvalue weighted by molar-refractivity contribution is 7.98. The summed E-state index contributed by atoms with van der Waals surface area (Å²) in [6, 6.07) is 6.88. The number of benzene rings is 1. The standard InChI is InChI=1S/C19H32N4OS/c1-24-19-15-17(3-4-18(19)20)22-7-5-16(6-8-22)23-11-9-21(10-12-23)13-14-25-2/h3-4,15-16H,5-14,20H2,1-2H3. The average molecular weight is 365 g/mol. The van der Waals surface area contributed by atoms with Crippen LogP contribution in [-0.2, 0) is 0 Å². The lowest BCUT2D eigenvalue weighted by atomic mass is 10.0. The fraction of sp³-hybridized carbons (Fsp3) is 0.684. The number of hydrogen-bond acceptors (Lipinski definition) is 6. The third-order valence-electron chi connectivity index (χ3n) is 5.58. The first kappa shape index (κ1) is 18.7. The Morgan fingerprint density at radius 1 is 1.12 bits per heavy atom. The van der Waals surface area contributed by atoms with Crippen molar-refractivity contribution in [1.82, 2.24) is 9.80 Å². The van der Waals surface area contributed by atoms with Crippen molar-refractivity contribution < 1.29 is 4.74 Å². The van der Waals surface area contributed by atoms with Crippen LogP contribution in [-0.4, -0.2) is 80.8 Å². The van der Waals surface area contributed by atoms with E-state index in [1.807, 2.05) is 17.8 Å². The van der Waals surface area contributed by atoms with Gasteiger partial charge in [-0.25, -0.2) is 0 Å². The fourth-order valence-electron chi connectivity index (χ4n) is 3.96. The summed E-state index contributed by atoms with van der Waals surface area (Å²) in [4.78, 5) is 7.80. The highest BCUT2D eigenvalue weighted by Gasteiger charge is 2.27. The third kappa shape index (κ3) is 4.74. The highest BCUT2D eigenvalue weighted by Crippen LogP contribution is 2.30. The predicted octanol–water partition coefficient (Wildman–Crippen LogP) is 2.23. The van der Waals surface area contributed by atoms with Crippen molar-refractivity contribution in [3.8, 4) is 5.75 Å². The topological polar surface area (TPSA) is 45.0 Å². The zero-order valence-corrected chi connectivity index (χ0v) is 16.4. The van der Waals surface area contributed by atoms with E-state index < -0.39 is 0 Å². The summed E-state index contributed by atoms with van der Waals surface area (Å²) in [6.45, 7) is 8.40. The smallest absolute Gasteiger partial charge is 0.143 e. The number of piperazine rings is 1. The number of ether oxygens (including phenoxy) is 1. The lowest BCUT2D eigenvalue weighted by Gasteiger charge is -2.43. The second kappa shape index (κ2) is 9.01. The van der Waals surface area contributed by atoms with Crippen LogP contribution in [0.5, 0.6) is 5.75 Å². The molecule has 0 unspecified atom stereocenters. The van der Waals surface area contributed by atoms with E-state index in [-0.39, 0.29) is 0 Å². The molecule has 2 aliphatic rings. The lowest BCUT2D eigenvalue weighted by Crippen LogP contribution is -2.53. The van der Waals surface area contributed by atoms with E-state index in [1.165, 1.54) is 57.0 Å². The maximum Gasteiger partial charge on any atom is 0.143 e. The molecule has 6 heteroatoms. The molecule has 3 rings (SSSR count). The summed E-state index contributed by atoms with van der Waals surface area (Å²) in [6.07, 6.45) is 4.69. The van der Waals surface area contributed by atoms with Gasteiger partial charge in [0.15, 0.2) is 0 Å². The molecule has 2 saturated heterocycles. The van der Waals surface area contributed by atoms with Gasteiger partial charge in [-0.15, -0.1) is 0 Å². The summed E-state index contributed by atoms with van der Waals surface area (Å²) >= 11 is 1.95. The van der Waals surface area contributed by atoms with Crippen LogP contribution in [0.3, 0.4) is 0 Å². The molecule has 0 spiro atoms. The van der Waals surface area contributed by atoms with Gasteiger partial charge in [0.1, 0.15) is 5.75 Å². The first-order chi connectivity index (χ1) is 12.2. The molecule has 5 nitrogen and oxygen atoms in total. The van der Waals surface area contributed by atoms with Gasteiger partial charge in [-0.3, -0.25) is 9.80 Å². The van der Waals surface area contributed by atoms with Gasteiger partial charge in [-0.2, -0.15) is 11.8 Å². The molecule has 2 heterocycles. The van der Waals surface area contributed by atoms with E-state index in [9.17, 15) is 0 Å². The second-order valence-electron chi connectivity index (χ2n) is 7.01. The zero-order chi connectivity index (χ0) is 17.6. The third-order valence-corrected chi connectivity index (χ3v) is 6.17. The largest absolute Gasteiger partial charge is 0.495 e. The van der Waals surface area contributed by atoms with Crippen LogP contribution in [0.1, 0.15) is 12.8 Å². The molecule has 2 aliphatic heterocycles. The minimum Gasteiger partial charge on any atom is -0.495 e. The molecule has 0 aliphatic carbocycles. The van der Waals surface area contributed by atoms with Gasteiger partial charge in [0.25, 0.3) is 0 Å². The van der Waals surface area contributed by atoms with Crippen molar-refractivity contribution in [2.24, 2.45) is 0 Å². The number of thioether (sulfide) groups is 1. The van der Waals surface area contributed by atoms with Crippen LogP contribution >= 0.6 is 11.8 Å². The minimum atomic E-state index is 0.709. The van der Waals surface area contributed by atoms with Gasteiger partial charge in [0.2, 0.25) is 0 Å². The molecule has 2 N–H and O–H groups in total. The van der Waals surface area contributed by atoms with Crippen LogP contribution in [0.2, 0.25) is 0 Å². The normalized spacial score (nSPS) is 20.8. The van der Waals surface area contributed by atoms with E-state index in [4.69, 9.17) is 10.5 Å². The van der Waals surface area contributed by atoms with Crippen LogP contribution in [0.4, 0.5) is 11.4 Å². The Morgan fingerprint density at radius 3 is 2.48 bits per heavy atom. The molecular formula is C19H32N4OS. The Kier molecular flexibility index (Phi) is 6.73. The van der Waals surface area contributed by atoms with Gasteiger partial charge >= 0.3 is 0 Å². The Bertz CT molecular complexity index is 540. The molecule has 0 aromatic heterocycles. The van der Waals surface area contributed by atoms with Crippen LogP contribution < -0.4 is 15.4 Å². The van der Waals surface area contributed by atoms with E-state index >= 15 is 0 Å². The van der Waals surface area contributed by atoms with E-state index in [0.717, 1.165) is 24.9 Å². The van der Waals surface area contributed by atoms with Crippen LogP contribution in [0.15, 0.2) is 18.2 Å². The number of piperidine rings is 1. The molecule has 0 saturated carbocycles. The van der Waals surface area contributed by atoms with E-state index in [0.29, 0.717) is 5.69 Å². The number of anilines is 2. The first-order valence-corrected chi connectivity index (χ1v) is 10.7. The highest BCUT2D eigenvalue weighted by atomic mass is 32.2. The summed E-state index contributed by atoms with van der Waals surface area (Å²) in [7, 11) is 1.68. The summed E-state index contributed by atoms with van der Waals surface area (Å²) < 4.78 is 5.36. The molecular weight excluding hydrogens is 332 g/mol. The van der Waals surface area contributed by atoms with Gasteiger partial charge in [0, 0.05) is 69.4 Å². The van der Waals surface area contributed by atoms with Crippen molar-refractivity contribution in [2.75, 3.05) is 75.6 Å². The molecule has 140 valence electrons. The number of nitrogens with zero attached hydrogens (tertiary/aromatic N) is 3. The lowest BCUT2D eigenvalue weighted by molar-refractivity contribution is 0.0884. The molecule has 0 radical (unpaired) electrons. The Hall–Kier alpha value is -1.11. The predicted molar refractivity (Wildman–Crippen MR) is 109 cm³/mol. The van der Waals surface area contributed by atoms with Gasteiger partial charge in [-0.1, -0.05) is 0 Å². The molecule has 2 fully saturated rings. The molecule has 1 aromatic rings. The Morgan fingerprint density at radius 2 is 1.84 bits per heavy atom. The number of nitrogens with two attached hydrogens (primary N) is 1. The van der Waals surface area contributed by atoms with E-state index in [2.05, 4.69) is 33.1 Å². The number of nitrogen functional groups attached to an aromatic ring is 1. The quantitative estimate of drug-likeness (QED) is 0.781. The monoisotopic (exact) mass is 364 g/mol. The van der Waals surface area contributed by atoms with Gasteiger partial charge in [-0.05, 0) is 31.2 Å². The van der Waals surface area contributed by atoms with Crippen LogP contribution in [0.25, 0.3) is 0 Å². The average Bonchev–Trinajstić information content (AvgIpc) is 2.67. The number of hydrogen-bond donors (Lipinski definition) is 1. The Balaban J connectivity index is 1.48. The molecule has 0 bridgehead atoms. The summed E-state index contributed by atoms with van der Waals surface area (Å²) in [5.74, 6) is 2.03. The SMILES string of the molecule is COc1cc(N2CCC(N3CCN(CCSC)CC3)CC2)ccc1N. The van der Waals surface area contributed by atoms with Gasteiger partial charge in [0.05, 0.1) is 12.8 Å². The molecule has 0 amide bonds. The fourth-order valence-corrected chi connectivity index (χ4v) is 4.40. The first-order valence-electron chi connectivity index (χ1n) is 9.35. The number of rotatable bonds is 6. The van der Waals surface area contributed by atoms with Crippen molar-refractivity contribution >= 4 is 23.1 Å². The maximum atomic E-state index is 5.94. The van der Waals surface area contributed by atoms with Crippen molar-refractivity contribution in [2.45, 2.75) is 18.9 Å². The Labute approximate surface area is 156 Å². The van der Waals surface area contributed by atoms with Gasteiger partial charge < -0.3 is 15.4 Å². The summed E-state index contributed by atoms with van der Waals surface area (Å²) in [5, 5.41) is 0. The molecule has 0 atom stereocenters. The molecule has 1 aromatic carbocycles. The van der Waals surface area contributed by atoms with E-state index in [1.54, 1.807) is 7.11 Å². The number of methoxy groups -OCH3 is 1.